The summed E-state index contributed by atoms with van der Waals surface area (Å²) in [6, 6.07) is 6.10. The van der Waals surface area contributed by atoms with Crippen LogP contribution < -0.4 is 5.56 Å². The van der Waals surface area contributed by atoms with Crippen LogP contribution >= 0.6 is 0 Å². The molecule has 3 aromatic rings. The van der Waals surface area contributed by atoms with Crippen molar-refractivity contribution in [2.75, 3.05) is 0 Å². The maximum atomic E-state index is 12.8. The van der Waals surface area contributed by atoms with E-state index < -0.39 is 0 Å². The van der Waals surface area contributed by atoms with Gasteiger partial charge in [-0.15, -0.1) is 0 Å². The van der Waals surface area contributed by atoms with Crippen LogP contribution in [0.15, 0.2) is 29.2 Å². The maximum Gasteiger partial charge on any atom is 0.293 e. The average molecular weight is 296 g/mol. The van der Waals surface area contributed by atoms with Crippen molar-refractivity contribution in [3.8, 4) is 5.69 Å². The van der Waals surface area contributed by atoms with Gasteiger partial charge in [-0.25, -0.2) is 9.36 Å². The second-order valence-electron chi connectivity index (χ2n) is 6.02. The van der Waals surface area contributed by atoms with E-state index in [4.69, 9.17) is 0 Å². The van der Waals surface area contributed by atoms with Gasteiger partial charge in [0.1, 0.15) is 5.52 Å². The Bertz CT molecular complexity index is 918. The highest BCUT2D eigenvalue weighted by Crippen LogP contribution is 2.20. The normalized spacial score (nSPS) is 11.5. The van der Waals surface area contributed by atoms with Gasteiger partial charge in [0.05, 0.1) is 23.6 Å². The van der Waals surface area contributed by atoms with E-state index in [1.807, 2.05) is 32.9 Å². The zero-order valence-corrected chi connectivity index (χ0v) is 13.6. The van der Waals surface area contributed by atoms with Crippen molar-refractivity contribution in [3.05, 3.63) is 51.6 Å². The summed E-state index contributed by atoms with van der Waals surface area (Å²) in [5.41, 5.74) is 4.60. The van der Waals surface area contributed by atoms with Crippen molar-refractivity contribution in [2.24, 2.45) is 0 Å². The van der Waals surface area contributed by atoms with Crippen molar-refractivity contribution in [1.29, 1.82) is 0 Å². The molecule has 0 atom stereocenters. The average Bonchev–Trinajstić information content (AvgIpc) is 2.91. The smallest absolute Gasteiger partial charge is 0.265 e. The Morgan fingerprint density at radius 1 is 1.09 bits per heavy atom. The third-order valence-corrected chi connectivity index (χ3v) is 4.05. The second-order valence-corrected chi connectivity index (χ2v) is 6.02. The zero-order chi connectivity index (χ0) is 16.0. The summed E-state index contributed by atoms with van der Waals surface area (Å²) in [6.45, 7) is 9.95. The van der Waals surface area contributed by atoms with Crippen LogP contribution in [-0.2, 0) is 0 Å². The molecule has 0 aliphatic rings. The van der Waals surface area contributed by atoms with E-state index in [0.29, 0.717) is 5.52 Å². The van der Waals surface area contributed by atoms with Gasteiger partial charge in [0.15, 0.2) is 0 Å². The van der Waals surface area contributed by atoms with Crippen LogP contribution in [0.3, 0.4) is 0 Å². The van der Waals surface area contributed by atoms with Crippen LogP contribution in [0.2, 0.25) is 0 Å². The summed E-state index contributed by atoms with van der Waals surface area (Å²) in [5.74, 6) is 0. The fraction of sp³-hybridized carbons (Fsp3) is 0.353. The van der Waals surface area contributed by atoms with Crippen molar-refractivity contribution in [2.45, 2.75) is 40.7 Å². The molecule has 0 spiro atoms. The summed E-state index contributed by atoms with van der Waals surface area (Å²) in [5, 5.41) is 9.62. The number of benzene rings is 1. The Hall–Kier alpha value is -2.43. The van der Waals surface area contributed by atoms with Gasteiger partial charge >= 0.3 is 0 Å². The van der Waals surface area contributed by atoms with Crippen LogP contribution in [0, 0.1) is 20.8 Å². The quantitative estimate of drug-likeness (QED) is 0.730. The molecule has 0 unspecified atom stereocenters. The number of hydrogen-bond donors (Lipinski definition) is 0. The number of aromatic nitrogens is 4. The fourth-order valence-corrected chi connectivity index (χ4v) is 2.59. The molecule has 5 nitrogen and oxygen atoms in total. The van der Waals surface area contributed by atoms with Crippen LogP contribution in [0.4, 0.5) is 0 Å². The summed E-state index contributed by atoms with van der Waals surface area (Å²) in [6.07, 6.45) is 1.72. The largest absolute Gasteiger partial charge is 0.293 e. The molecule has 0 saturated heterocycles. The first-order chi connectivity index (χ1) is 10.4. The van der Waals surface area contributed by atoms with Crippen LogP contribution in [0.25, 0.3) is 16.6 Å². The van der Waals surface area contributed by atoms with Gasteiger partial charge < -0.3 is 0 Å². The third-order valence-electron chi connectivity index (χ3n) is 4.05. The van der Waals surface area contributed by atoms with Gasteiger partial charge in [0.25, 0.3) is 5.56 Å². The highest BCUT2D eigenvalue weighted by atomic mass is 16.1. The summed E-state index contributed by atoms with van der Waals surface area (Å²) < 4.78 is 3.24. The van der Waals surface area contributed by atoms with E-state index >= 15 is 0 Å². The Kier molecular flexibility index (Phi) is 3.35. The second kappa shape index (κ2) is 5.09. The fourth-order valence-electron chi connectivity index (χ4n) is 2.59. The standard InChI is InChI=1S/C17H20N4O/c1-10(2)20-17(22)16-15(13(5)19-20)9-18-21(16)14-7-6-11(3)12(4)8-14/h6-10H,1-5H3. The van der Waals surface area contributed by atoms with Crippen LogP contribution in [-0.4, -0.2) is 19.6 Å². The Morgan fingerprint density at radius 2 is 1.82 bits per heavy atom. The monoisotopic (exact) mass is 296 g/mol. The third kappa shape index (κ3) is 2.13. The first-order valence-electron chi connectivity index (χ1n) is 7.45. The number of fused-ring (bicyclic) bond motifs is 1. The van der Waals surface area contributed by atoms with Gasteiger partial charge in [0.2, 0.25) is 0 Å². The molecule has 0 aliphatic carbocycles. The molecular weight excluding hydrogens is 276 g/mol. The lowest BCUT2D eigenvalue weighted by molar-refractivity contribution is 0.501. The molecule has 0 N–H and O–H groups in total. The minimum atomic E-state index is -0.105. The highest BCUT2D eigenvalue weighted by Gasteiger charge is 2.16. The Balaban J connectivity index is 2.36. The number of rotatable bonds is 2. The lowest BCUT2D eigenvalue weighted by Crippen LogP contribution is -2.27. The predicted octanol–water partition coefficient (Wildman–Crippen LogP) is 3.09. The van der Waals surface area contributed by atoms with Crippen molar-refractivity contribution < 1.29 is 0 Å². The molecule has 0 radical (unpaired) electrons. The molecule has 22 heavy (non-hydrogen) atoms. The highest BCUT2D eigenvalue weighted by molar-refractivity contribution is 5.81. The van der Waals surface area contributed by atoms with Crippen LogP contribution in [0.5, 0.6) is 0 Å². The lowest BCUT2D eigenvalue weighted by atomic mass is 10.1. The van der Waals surface area contributed by atoms with E-state index in [2.05, 4.69) is 30.1 Å². The Morgan fingerprint density at radius 3 is 2.45 bits per heavy atom. The number of nitrogens with zero attached hydrogens (tertiary/aromatic N) is 4. The van der Waals surface area contributed by atoms with Gasteiger partial charge in [0, 0.05) is 5.39 Å². The lowest BCUT2D eigenvalue weighted by Gasteiger charge is -2.11. The molecule has 0 saturated carbocycles. The molecule has 5 heteroatoms. The molecule has 0 fully saturated rings. The molecule has 0 bridgehead atoms. The van der Waals surface area contributed by atoms with Crippen molar-refractivity contribution in [3.63, 3.8) is 0 Å². The summed E-state index contributed by atoms with van der Waals surface area (Å²) >= 11 is 0. The van der Waals surface area contributed by atoms with Crippen LogP contribution in [0.1, 0.15) is 36.7 Å². The molecule has 1 aromatic carbocycles. The van der Waals surface area contributed by atoms with Gasteiger partial charge in [-0.1, -0.05) is 6.07 Å². The topological polar surface area (TPSA) is 52.7 Å². The van der Waals surface area contributed by atoms with E-state index in [-0.39, 0.29) is 11.6 Å². The first kappa shape index (κ1) is 14.5. The van der Waals surface area contributed by atoms with Crippen molar-refractivity contribution >= 4 is 10.9 Å². The minimum absolute atomic E-state index is 0.0127. The van der Waals surface area contributed by atoms with Gasteiger partial charge in [-0.3, -0.25) is 4.79 Å². The molecule has 2 heterocycles. The summed E-state index contributed by atoms with van der Waals surface area (Å²) in [4.78, 5) is 12.8. The number of hydrogen-bond acceptors (Lipinski definition) is 3. The van der Waals surface area contributed by atoms with E-state index in [0.717, 1.165) is 16.8 Å². The van der Waals surface area contributed by atoms with Gasteiger partial charge in [-0.2, -0.15) is 10.2 Å². The van der Waals surface area contributed by atoms with E-state index in [1.165, 1.54) is 15.8 Å². The van der Waals surface area contributed by atoms with E-state index in [1.54, 1.807) is 10.9 Å². The molecular formula is C17H20N4O. The molecule has 2 aromatic heterocycles. The minimum Gasteiger partial charge on any atom is -0.265 e. The zero-order valence-electron chi connectivity index (χ0n) is 13.6. The molecule has 0 aliphatic heterocycles. The van der Waals surface area contributed by atoms with E-state index in [9.17, 15) is 4.79 Å². The first-order valence-corrected chi connectivity index (χ1v) is 7.45. The van der Waals surface area contributed by atoms with Crippen molar-refractivity contribution in [1.82, 2.24) is 19.6 Å². The molecule has 114 valence electrons. The Labute approximate surface area is 129 Å². The molecule has 3 rings (SSSR count). The van der Waals surface area contributed by atoms with Gasteiger partial charge in [-0.05, 0) is 57.9 Å². The predicted molar refractivity (Wildman–Crippen MR) is 87.7 cm³/mol. The molecule has 0 amide bonds. The summed E-state index contributed by atoms with van der Waals surface area (Å²) in [7, 11) is 0. The number of aryl methyl sites for hydroxylation is 3. The SMILES string of the molecule is Cc1ccc(-n2ncc3c(C)nn(C(C)C)c(=O)c32)cc1C. The maximum absolute atomic E-state index is 12.8.